The fourth-order valence-corrected chi connectivity index (χ4v) is 1.67. The molecule has 0 rings (SSSR count). The lowest BCUT2D eigenvalue weighted by molar-refractivity contribution is 0.919. The molecule has 0 saturated carbocycles. The summed E-state index contributed by atoms with van der Waals surface area (Å²) >= 11 is 4.79. The molecule has 0 bridgehead atoms. The average Bonchev–Trinajstić information content (AvgIpc) is 2.17. The smallest absolute Gasteiger partial charge is 0.00129 e. The SMILES string of the molecule is CC(C)=CCC/C(C)=C/CC/C(C)=C/C=S. The van der Waals surface area contributed by atoms with Crippen molar-refractivity contribution in [2.75, 3.05) is 0 Å². The molecule has 0 radical (unpaired) electrons. The first-order valence-corrected chi connectivity index (χ1v) is 6.43. The number of hydrogen-bond acceptors (Lipinski definition) is 1. The van der Waals surface area contributed by atoms with Crippen LogP contribution in [0.25, 0.3) is 0 Å². The van der Waals surface area contributed by atoms with E-state index in [2.05, 4.69) is 39.8 Å². The van der Waals surface area contributed by atoms with Gasteiger partial charge < -0.3 is 0 Å². The molecule has 0 aliphatic rings. The van der Waals surface area contributed by atoms with E-state index in [1.54, 1.807) is 5.37 Å². The van der Waals surface area contributed by atoms with Gasteiger partial charge in [0.2, 0.25) is 0 Å². The minimum atomic E-state index is 1.12. The molecule has 0 aliphatic carbocycles. The third-order valence-electron chi connectivity index (χ3n) is 2.48. The zero-order chi connectivity index (χ0) is 12.4. The third-order valence-corrected chi connectivity index (χ3v) is 2.61. The van der Waals surface area contributed by atoms with Crippen LogP contribution in [-0.2, 0) is 0 Å². The van der Waals surface area contributed by atoms with E-state index in [1.807, 2.05) is 6.08 Å². The van der Waals surface area contributed by atoms with Crippen LogP contribution in [0.3, 0.4) is 0 Å². The van der Waals surface area contributed by atoms with Crippen molar-refractivity contribution in [1.82, 2.24) is 0 Å². The van der Waals surface area contributed by atoms with Crippen molar-refractivity contribution >= 4 is 17.6 Å². The average molecular weight is 236 g/mol. The van der Waals surface area contributed by atoms with Gasteiger partial charge in [0.05, 0.1) is 0 Å². The Bertz CT molecular complexity index is 289. The van der Waals surface area contributed by atoms with Crippen LogP contribution in [0, 0.1) is 0 Å². The van der Waals surface area contributed by atoms with Gasteiger partial charge in [-0.15, -0.1) is 0 Å². The van der Waals surface area contributed by atoms with Gasteiger partial charge >= 0.3 is 0 Å². The van der Waals surface area contributed by atoms with E-state index in [0.29, 0.717) is 0 Å². The fraction of sp³-hybridized carbons (Fsp3) is 0.533. The fourth-order valence-electron chi connectivity index (χ4n) is 1.44. The van der Waals surface area contributed by atoms with Gasteiger partial charge in [-0.25, -0.2) is 0 Å². The topological polar surface area (TPSA) is 0 Å². The summed E-state index contributed by atoms with van der Waals surface area (Å²) in [5.74, 6) is 0. The van der Waals surface area contributed by atoms with Gasteiger partial charge in [-0.3, -0.25) is 0 Å². The molecule has 1 heteroatoms. The zero-order valence-electron chi connectivity index (χ0n) is 11.0. The van der Waals surface area contributed by atoms with Gasteiger partial charge in [0.15, 0.2) is 0 Å². The van der Waals surface area contributed by atoms with Crippen LogP contribution in [0.2, 0.25) is 0 Å². The lowest BCUT2D eigenvalue weighted by Crippen LogP contribution is -1.80. The molecule has 0 aliphatic heterocycles. The first-order valence-electron chi connectivity index (χ1n) is 5.96. The van der Waals surface area contributed by atoms with Crippen molar-refractivity contribution in [3.05, 3.63) is 34.9 Å². The Morgan fingerprint density at radius 2 is 1.44 bits per heavy atom. The van der Waals surface area contributed by atoms with Crippen LogP contribution in [0.5, 0.6) is 0 Å². The number of rotatable bonds is 7. The standard InChI is InChI=1S/C15H24S/c1-13(2)7-5-8-14(3)9-6-10-15(4)11-12-16/h7,9,11-12H,5-6,8,10H2,1-4H3/b14-9+,15-11+. The molecule has 0 aromatic heterocycles. The van der Waals surface area contributed by atoms with E-state index in [0.717, 1.165) is 12.8 Å². The Morgan fingerprint density at radius 1 is 0.875 bits per heavy atom. The Morgan fingerprint density at radius 3 is 2.00 bits per heavy atom. The maximum Gasteiger partial charge on any atom is 0.00129 e. The summed E-state index contributed by atoms with van der Waals surface area (Å²) in [6.45, 7) is 8.66. The van der Waals surface area contributed by atoms with Crippen LogP contribution in [0.4, 0.5) is 0 Å². The minimum absolute atomic E-state index is 1.12. The van der Waals surface area contributed by atoms with E-state index in [1.165, 1.54) is 29.6 Å². The summed E-state index contributed by atoms with van der Waals surface area (Å²) in [4.78, 5) is 0. The molecule has 0 unspecified atom stereocenters. The van der Waals surface area contributed by atoms with Gasteiger partial charge in [0, 0.05) is 5.37 Å². The normalized spacial score (nSPS) is 12.5. The molecule has 0 nitrogen and oxygen atoms in total. The monoisotopic (exact) mass is 236 g/mol. The second kappa shape index (κ2) is 9.53. The highest BCUT2D eigenvalue weighted by Crippen LogP contribution is 2.10. The second-order valence-electron chi connectivity index (χ2n) is 4.56. The summed E-state index contributed by atoms with van der Waals surface area (Å²) in [5.41, 5.74) is 4.27. The first kappa shape index (κ1) is 15.3. The van der Waals surface area contributed by atoms with Crippen LogP contribution in [0.15, 0.2) is 34.9 Å². The van der Waals surface area contributed by atoms with E-state index >= 15 is 0 Å². The maximum atomic E-state index is 4.79. The predicted octanol–water partition coefficient (Wildman–Crippen LogP) is 5.41. The second-order valence-corrected chi connectivity index (χ2v) is 4.83. The highest BCUT2D eigenvalue weighted by atomic mass is 32.1. The predicted molar refractivity (Wildman–Crippen MR) is 79.1 cm³/mol. The third kappa shape index (κ3) is 9.85. The Labute approximate surface area is 106 Å². The lowest BCUT2D eigenvalue weighted by atomic mass is 10.1. The van der Waals surface area contributed by atoms with Crippen molar-refractivity contribution in [3.63, 3.8) is 0 Å². The van der Waals surface area contributed by atoms with Gasteiger partial charge in [-0.05, 0) is 53.4 Å². The molecule has 0 N–H and O–H groups in total. The number of allylic oxidation sites excluding steroid dienone is 6. The zero-order valence-corrected chi connectivity index (χ0v) is 11.9. The Hall–Kier alpha value is -0.690. The van der Waals surface area contributed by atoms with Gasteiger partial charge in [0.25, 0.3) is 0 Å². The number of thiocarbonyl (C=S) groups is 1. The Balaban J connectivity index is 3.83. The summed E-state index contributed by atoms with van der Waals surface area (Å²) in [6.07, 6.45) is 11.3. The highest BCUT2D eigenvalue weighted by molar-refractivity contribution is 7.79. The summed E-state index contributed by atoms with van der Waals surface area (Å²) < 4.78 is 0. The van der Waals surface area contributed by atoms with Crippen LogP contribution >= 0.6 is 12.2 Å². The minimum Gasteiger partial charge on any atom is -0.0887 e. The lowest BCUT2D eigenvalue weighted by Gasteiger charge is -2.00. The van der Waals surface area contributed by atoms with Gasteiger partial charge in [-0.2, -0.15) is 0 Å². The van der Waals surface area contributed by atoms with Crippen molar-refractivity contribution in [2.24, 2.45) is 0 Å². The molecule has 0 heterocycles. The van der Waals surface area contributed by atoms with Crippen LogP contribution < -0.4 is 0 Å². The van der Waals surface area contributed by atoms with Crippen molar-refractivity contribution in [1.29, 1.82) is 0 Å². The first-order chi connectivity index (χ1) is 7.56. The molecule has 0 aromatic rings. The van der Waals surface area contributed by atoms with Gasteiger partial charge in [-0.1, -0.05) is 47.2 Å². The molecule has 0 saturated heterocycles. The van der Waals surface area contributed by atoms with E-state index in [4.69, 9.17) is 12.2 Å². The molecule has 0 amide bonds. The summed E-state index contributed by atoms with van der Waals surface area (Å²) in [6, 6.07) is 0. The number of hydrogen-bond donors (Lipinski definition) is 0. The molecular weight excluding hydrogens is 212 g/mol. The molecule has 0 spiro atoms. The maximum absolute atomic E-state index is 4.79. The molecule has 90 valence electrons. The van der Waals surface area contributed by atoms with Crippen molar-refractivity contribution < 1.29 is 0 Å². The molecular formula is C15H24S. The van der Waals surface area contributed by atoms with E-state index in [9.17, 15) is 0 Å². The molecule has 0 fully saturated rings. The molecule has 0 aromatic carbocycles. The largest absolute Gasteiger partial charge is 0.0887 e. The highest BCUT2D eigenvalue weighted by Gasteiger charge is 1.90. The molecule has 0 atom stereocenters. The molecule has 16 heavy (non-hydrogen) atoms. The quantitative estimate of drug-likeness (QED) is 0.324. The van der Waals surface area contributed by atoms with E-state index < -0.39 is 0 Å². The van der Waals surface area contributed by atoms with Crippen molar-refractivity contribution in [3.8, 4) is 0 Å². The van der Waals surface area contributed by atoms with E-state index in [-0.39, 0.29) is 0 Å². The Kier molecular flexibility index (Phi) is 9.12. The summed E-state index contributed by atoms with van der Waals surface area (Å²) in [7, 11) is 0. The summed E-state index contributed by atoms with van der Waals surface area (Å²) in [5, 5.41) is 1.70. The van der Waals surface area contributed by atoms with Crippen LogP contribution in [0.1, 0.15) is 53.4 Å². The van der Waals surface area contributed by atoms with Crippen LogP contribution in [-0.4, -0.2) is 5.37 Å². The van der Waals surface area contributed by atoms with Gasteiger partial charge in [0.1, 0.15) is 0 Å². The van der Waals surface area contributed by atoms with Crippen molar-refractivity contribution in [2.45, 2.75) is 53.4 Å².